The average Bonchev–Trinajstić information content (AvgIpc) is 3.12. The fourth-order valence-corrected chi connectivity index (χ4v) is 4.07. The van der Waals surface area contributed by atoms with E-state index < -0.39 is 0 Å². The van der Waals surface area contributed by atoms with Gasteiger partial charge in [-0.05, 0) is 63.1 Å². The van der Waals surface area contributed by atoms with E-state index in [1.54, 1.807) is 7.11 Å². The fourth-order valence-electron chi connectivity index (χ4n) is 4.07. The summed E-state index contributed by atoms with van der Waals surface area (Å²) in [5.74, 6) is 3.75. The van der Waals surface area contributed by atoms with Gasteiger partial charge in [0.15, 0.2) is 0 Å². The molecule has 158 valence electrons. The van der Waals surface area contributed by atoms with Crippen LogP contribution in [0.1, 0.15) is 29.9 Å². The van der Waals surface area contributed by atoms with E-state index in [4.69, 9.17) is 18.9 Å². The normalized spacial score (nSPS) is 17.1. The molecule has 5 heteroatoms. The number of para-hydroxylation sites is 1. The number of aryl methyl sites for hydroxylation is 2. The van der Waals surface area contributed by atoms with Gasteiger partial charge in [0, 0.05) is 19.0 Å². The lowest BCUT2D eigenvalue weighted by Crippen LogP contribution is -2.37. The van der Waals surface area contributed by atoms with Crippen LogP contribution in [0.5, 0.6) is 11.5 Å². The summed E-state index contributed by atoms with van der Waals surface area (Å²) in [4.78, 5) is 7.25. The Balaban J connectivity index is 1.39. The van der Waals surface area contributed by atoms with Gasteiger partial charge in [0.1, 0.15) is 17.3 Å². The smallest absolute Gasteiger partial charge is 0.230 e. The third-order valence-corrected chi connectivity index (χ3v) is 5.68. The first kappa shape index (κ1) is 20.5. The number of rotatable bonds is 7. The van der Waals surface area contributed by atoms with Crippen molar-refractivity contribution in [2.45, 2.75) is 33.2 Å². The van der Waals surface area contributed by atoms with Gasteiger partial charge in [-0.3, -0.25) is 4.90 Å². The van der Waals surface area contributed by atoms with Crippen LogP contribution in [0.2, 0.25) is 0 Å². The molecular formula is C25H30N2O3. The van der Waals surface area contributed by atoms with E-state index in [-0.39, 0.29) is 0 Å². The highest BCUT2D eigenvalue weighted by molar-refractivity contribution is 5.62. The number of oxazole rings is 1. The highest BCUT2D eigenvalue weighted by atomic mass is 16.5. The number of ether oxygens (including phenoxy) is 2. The Morgan fingerprint density at radius 1 is 1.13 bits per heavy atom. The van der Waals surface area contributed by atoms with Crippen LogP contribution >= 0.6 is 0 Å². The number of benzene rings is 2. The number of hydrogen-bond acceptors (Lipinski definition) is 5. The molecule has 1 atom stereocenters. The van der Waals surface area contributed by atoms with Crippen LogP contribution in [0, 0.1) is 19.8 Å². The van der Waals surface area contributed by atoms with Gasteiger partial charge in [-0.1, -0.05) is 24.3 Å². The number of nitrogens with zero attached hydrogens (tertiary/aromatic N) is 2. The summed E-state index contributed by atoms with van der Waals surface area (Å²) in [6.45, 7) is 7.73. The summed E-state index contributed by atoms with van der Waals surface area (Å²) < 4.78 is 17.5. The third kappa shape index (κ3) is 4.85. The number of methoxy groups -OCH3 is 1. The topological polar surface area (TPSA) is 47.7 Å². The van der Waals surface area contributed by atoms with Gasteiger partial charge in [0.2, 0.25) is 5.89 Å². The molecule has 0 aliphatic carbocycles. The molecule has 5 nitrogen and oxygen atoms in total. The minimum Gasteiger partial charge on any atom is -0.496 e. The predicted octanol–water partition coefficient (Wildman–Crippen LogP) is 5.26. The van der Waals surface area contributed by atoms with Crippen molar-refractivity contribution in [3.05, 3.63) is 65.5 Å². The molecule has 2 aromatic carbocycles. The Bertz CT molecular complexity index is 982. The van der Waals surface area contributed by atoms with Gasteiger partial charge in [0.05, 0.1) is 25.0 Å². The van der Waals surface area contributed by atoms with Crippen molar-refractivity contribution in [1.82, 2.24) is 9.88 Å². The maximum absolute atomic E-state index is 6.06. The molecule has 1 fully saturated rings. The molecule has 0 saturated carbocycles. The lowest BCUT2D eigenvalue weighted by atomic mass is 9.99. The molecule has 1 unspecified atom stereocenters. The zero-order valence-electron chi connectivity index (χ0n) is 18.1. The molecule has 4 rings (SSSR count). The summed E-state index contributed by atoms with van der Waals surface area (Å²) >= 11 is 0. The number of likely N-dealkylation sites (tertiary alicyclic amines) is 1. The van der Waals surface area contributed by atoms with E-state index in [1.165, 1.54) is 18.4 Å². The summed E-state index contributed by atoms with van der Waals surface area (Å²) in [5.41, 5.74) is 3.11. The molecule has 30 heavy (non-hydrogen) atoms. The van der Waals surface area contributed by atoms with E-state index in [2.05, 4.69) is 24.0 Å². The fraction of sp³-hybridized carbons (Fsp3) is 0.400. The highest BCUT2D eigenvalue weighted by Crippen LogP contribution is 2.31. The van der Waals surface area contributed by atoms with Crippen molar-refractivity contribution in [2.24, 2.45) is 5.92 Å². The second-order valence-electron chi connectivity index (χ2n) is 8.09. The van der Waals surface area contributed by atoms with Gasteiger partial charge < -0.3 is 13.9 Å². The van der Waals surface area contributed by atoms with Crippen LogP contribution in [0.15, 0.2) is 52.9 Å². The molecule has 0 bridgehead atoms. The number of piperidine rings is 1. The predicted molar refractivity (Wildman–Crippen MR) is 118 cm³/mol. The Morgan fingerprint density at radius 3 is 2.83 bits per heavy atom. The molecule has 0 N–H and O–H groups in total. The molecule has 1 aliphatic heterocycles. The Hall–Kier alpha value is -2.79. The lowest BCUT2D eigenvalue weighted by molar-refractivity contribution is 0.124. The number of hydrogen-bond donors (Lipinski definition) is 0. The zero-order chi connectivity index (χ0) is 20.9. The Morgan fingerprint density at radius 2 is 2.00 bits per heavy atom. The van der Waals surface area contributed by atoms with Crippen LogP contribution in [0.25, 0.3) is 11.5 Å². The van der Waals surface area contributed by atoms with Crippen molar-refractivity contribution < 1.29 is 13.9 Å². The van der Waals surface area contributed by atoms with Crippen molar-refractivity contribution >= 4 is 0 Å². The molecule has 0 amide bonds. The molecule has 2 heterocycles. The summed E-state index contributed by atoms with van der Waals surface area (Å²) in [6, 6.07) is 16.1. The third-order valence-electron chi connectivity index (χ3n) is 5.68. The maximum Gasteiger partial charge on any atom is 0.230 e. The molecule has 0 radical (unpaired) electrons. The zero-order valence-corrected chi connectivity index (χ0v) is 18.1. The SMILES string of the molecule is COc1ccccc1-c1nc(CN2CCCC(COc3cccc(C)c3)C2)c(C)o1. The quantitative estimate of drug-likeness (QED) is 0.536. The van der Waals surface area contributed by atoms with Crippen molar-refractivity contribution in [3.8, 4) is 23.0 Å². The molecule has 0 spiro atoms. The minimum absolute atomic E-state index is 0.528. The molecule has 1 saturated heterocycles. The van der Waals surface area contributed by atoms with Crippen molar-refractivity contribution in [1.29, 1.82) is 0 Å². The average molecular weight is 407 g/mol. The van der Waals surface area contributed by atoms with Crippen molar-refractivity contribution in [3.63, 3.8) is 0 Å². The monoisotopic (exact) mass is 406 g/mol. The second kappa shape index (κ2) is 9.35. The van der Waals surface area contributed by atoms with Crippen LogP contribution in [-0.2, 0) is 6.54 Å². The standard InChI is InChI=1S/C25H30N2O3/c1-18-8-6-10-21(14-18)29-17-20-9-7-13-27(15-20)16-23-19(2)30-25(26-23)22-11-4-5-12-24(22)28-3/h4-6,8,10-12,14,20H,7,9,13,15-17H2,1-3H3. The van der Waals surface area contributed by atoms with Crippen LogP contribution in [-0.4, -0.2) is 36.7 Å². The van der Waals surface area contributed by atoms with Crippen LogP contribution < -0.4 is 9.47 Å². The van der Waals surface area contributed by atoms with Gasteiger partial charge in [-0.25, -0.2) is 4.98 Å². The van der Waals surface area contributed by atoms with E-state index in [1.807, 2.05) is 43.3 Å². The maximum atomic E-state index is 6.06. The summed E-state index contributed by atoms with van der Waals surface area (Å²) in [7, 11) is 1.67. The molecule has 1 aliphatic rings. The van der Waals surface area contributed by atoms with E-state index in [9.17, 15) is 0 Å². The van der Waals surface area contributed by atoms with Gasteiger partial charge in [-0.15, -0.1) is 0 Å². The highest BCUT2D eigenvalue weighted by Gasteiger charge is 2.23. The lowest BCUT2D eigenvalue weighted by Gasteiger charge is -2.32. The molecular weight excluding hydrogens is 376 g/mol. The van der Waals surface area contributed by atoms with Crippen molar-refractivity contribution in [2.75, 3.05) is 26.8 Å². The van der Waals surface area contributed by atoms with Crippen LogP contribution in [0.4, 0.5) is 0 Å². The largest absolute Gasteiger partial charge is 0.496 e. The molecule has 1 aromatic heterocycles. The van der Waals surface area contributed by atoms with E-state index in [0.29, 0.717) is 11.8 Å². The Labute approximate surface area is 178 Å². The minimum atomic E-state index is 0.528. The van der Waals surface area contributed by atoms with Gasteiger partial charge >= 0.3 is 0 Å². The van der Waals surface area contributed by atoms with Gasteiger partial charge in [-0.2, -0.15) is 0 Å². The van der Waals surface area contributed by atoms with Gasteiger partial charge in [0.25, 0.3) is 0 Å². The number of aromatic nitrogens is 1. The summed E-state index contributed by atoms with van der Waals surface area (Å²) in [5, 5.41) is 0. The van der Waals surface area contributed by atoms with E-state index in [0.717, 1.165) is 54.8 Å². The second-order valence-corrected chi connectivity index (χ2v) is 8.09. The Kier molecular flexibility index (Phi) is 6.38. The van der Waals surface area contributed by atoms with Crippen LogP contribution in [0.3, 0.4) is 0 Å². The first-order valence-electron chi connectivity index (χ1n) is 10.6. The molecule has 3 aromatic rings. The summed E-state index contributed by atoms with van der Waals surface area (Å²) in [6.07, 6.45) is 2.38. The van der Waals surface area contributed by atoms with E-state index >= 15 is 0 Å². The first-order chi connectivity index (χ1) is 14.6. The first-order valence-corrected chi connectivity index (χ1v) is 10.6.